The number of hydrogen-bond acceptors (Lipinski definition) is 5. The lowest BCUT2D eigenvalue weighted by Crippen LogP contribution is -2.31. The Morgan fingerprint density at radius 1 is 1.15 bits per heavy atom. The second-order valence-corrected chi connectivity index (χ2v) is 7.38. The Labute approximate surface area is 164 Å². The van der Waals surface area contributed by atoms with Crippen molar-refractivity contribution in [2.45, 2.75) is 31.6 Å². The Morgan fingerprint density at radius 3 is 2.56 bits per heavy atom. The molecule has 1 aliphatic heterocycles. The van der Waals surface area contributed by atoms with Crippen LogP contribution in [0.4, 0.5) is 0 Å². The summed E-state index contributed by atoms with van der Waals surface area (Å²) in [7, 11) is 1.64. The Morgan fingerprint density at radius 2 is 1.89 bits per heavy atom. The number of carbonyl (C=O) groups excluding carboxylic acids is 1. The summed E-state index contributed by atoms with van der Waals surface area (Å²) in [5.41, 5.74) is 2.00. The summed E-state index contributed by atoms with van der Waals surface area (Å²) in [5, 5.41) is 9.11. The van der Waals surface area contributed by atoms with E-state index in [-0.39, 0.29) is 11.2 Å². The van der Waals surface area contributed by atoms with Crippen LogP contribution in [0, 0.1) is 0 Å². The smallest absolute Gasteiger partial charge is 0.242 e. The largest absolute Gasteiger partial charge is 0.497 e. The molecule has 0 N–H and O–H groups in total. The molecule has 0 radical (unpaired) electrons. The molecule has 0 saturated carbocycles. The predicted molar refractivity (Wildman–Crippen MR) is 111 cm³/mol. The molecule has 1 amide bonds. The van der Waals surface area contributed by atoms with E-state index in [4.69, 9.17) is 4.74 Å². The molecule has 5 nitrogen and oxygen atoms in total. The van der Waals surface area contributed by atoms with Crippen LogP contribution in [0.2, 0.25) is 0 Å². The van der Waals surface area contributed by atoms with Gasteiger partial charge in [0.2, 0.25) is 5.91 Å². The fourth-order valence-corrected chi connectivity index (χ4v) is 3.99. The fourth-order valence-electron chi connectivity index (χ4n) is 2.77. The van der Waals surface area contributed by atoms with Gasteiger partial charge in [0.25, 0.3) is 0 Å². The van der Waals surface area contributed by atoms with Gasteiger partial charge in [-0.3, -0.25) is 9.69 Å². The molecule has 1 saturated heterocycles. The van der Waals surface area contributed by atoms with Crippen molar-refractivity contribution in [3.8, 4) is 5.75 Å². The van der Waals surface area contributed by atoms with Crippen molar-refractivity contribution in [3.63, 3.8) is 0 Å². The fraction of sp³-hybridized carbons (Fsp3) is 0.286. The van der Waals surface area contributed by atoms with E-state index in [1.165, 1.54) is 11.8 Å². The summed E-state index contributed by atoms with van der Waals surface area (Å²) < 4.78 is 5.20. The van der Waals surface area contributed by atoms with Crippen LogP contribution in [0.5, 0.6) is 5.75 Å². The van der Waals surface area contributed by atoms with Crippen molar-refractivity contribution in [1.29, 1.82) is 0 Å². The van der Waals surface area contributed by atoms with E-state index in [1.54, 1.807) is 18.2 Å². The standard InChI is InChI=1S/C21H23N3O2S/c1-3-7-19-20(25)24(15-17-10-12-18(26-2)13-11-17)21(27-19)23-22-14-16-8-5-4-6-9-16/h4-6,8-14,19H,3,7,15H2,1-2H3/b22-14-,23-21+/t19-/m1/s1. The van der Waals surface area contributed by atoms with Gasteiger partial charge >= 0.3 is 0 Å². The third-order valence-corrected chi connectivity index (χ3v) is 5.46. The number of rotatable bonds is 7. The molecule has 2 aromatic rings. The molecule has 1 fully saturated rings. The number of amidine groups is 1. The van der Waals surface area contributed by atoms with E-state index in [0.29, 0.717) is 11.7 Å². The first-order valence-electron chi connectivity index (χ1n) is 8.98. The number of hydrogen-bond donors (Lipinski definition) is 0. The number of nitrogens with zero attached hydrogens (tertiary/aromatic N) is 3. The average Bonchev–Trinajstić information content (AvgIpc) is 2.99. The molecule has 2 aromatic carbocycles. The van der Waals surface area contributed by atoms with Crippen LogP contribution in [-0.2, 0) is 11.3 Å². The Kier molecular flexibility index (Phi) is 6.65. The van der Waals surface area contributed by atoms with Crippen LogP contribution >= 0.6 is 11.8 Å². The molecule has 0 unspecified atom stereocenters. The lowest BCUT2D eigenvalue weighted by Gasteiger charge is -2.16. The molecular weight excluding hydrogens is 358 g/mol. The maximum Gasteiger partial charge on any atom is 0.242 e. The van der Waals surface area contributed by atoms with Crippen LogP contribution in [-0.4, -0.2) is 34.5 Å². The Bertz CT molecular complexity index is 819. The lowest BCUT2D eigenvalue weighted by atomic mass is 10.2. The third-order valence-electron chi connectivity index (χ3n) is 4.22. The number of amides is 1. The van der Waals surface area contributed by atoms with Crippen molar-refractivity contribution in [2.24, 2.45) is 10.2 Å². The normalized spacial score (nSPS) is 18.6. The van der Waals surface area contributed by atoms with E-state index in [2.05, 4.69) is 17.1 Å². The first kappa shape index (κ1) is 19.2. The first-order valence-corrected chi connectivity index (χ1v) is 9.86. The van der Waals surface area contributed by atoms with Crippen molar-refractivity contribution in [2.75, 3.05) is 7.11 Å². The Balaban J connectivity index is 1.78. The minimum absolute atomic E-state index is 0.0843. The summed E-state index contributed by atoms with van der Waals surface area (Å²) in [6.45, 7) is 2.57. The highest BCUT2D eigenvalue weighted by atomic mass is 32.2. The molecule has 1 atom stereocenters. The summed E-state index contributed by atoms with van der Waals surface area (Å²) in [6.07, 6.45) is 3.50. The highest BCUT2D eigenvalue weighted by Crippen LogP contribution is 2.31. The number of methoxy groups -OCH3 is 1. The van der Waals surface area contributed by atoms with E-state index >= 15 is 0 Å². The monoisotopic (exact) mass is 381 g/mol. The molecule has 0 bridgehead atoms. The predicted octanol–water partition coefficient (Wildman–Crippen LogP) is 4.33. The van der Waals surface area contributed by atoms with Gasteiger partial charge in [-0.05, 0) is 29.7 Å². The molecule has 6 heteroatoms. The number of thioether (sulfide) groups is 1. The van der Waals surface area contributed by atoms with E-state index in [1.807, 2.05) is 54.6 Å². The van der Waals surface area contributed by atoms with Crippen molar-refractivity contribution in [1.82, 2.24) is 4.90 Å². The quantitative estimate of drug-likeness (QED) is 0.530. The van der Waals surface area contributed by atoms with Gasteiger partial charge < -0.3 is 4.74 Å². The molecule has 140 valence electrons. The zero-order chi connectivity index (χ0) is 19.1. The van der Waals surface area contributed by atoms with Crippen LogP contribution in [0.25, 0.3) is 0 Å². The zero-order valence-corrected chi connectivity index (χ0v) is 16.4. The molecule has 1 aliphatic rings. The SMILES string of the molecule is CCC[C@H]1S/C(=N/N=C\c2ccccc2)N(Cc2ccc(OC)cc2)C1=O. The van der Waals surface area contributed by atoms with Crippen LogP contribution < -0.4 is 4.74 Å². The van der Waals surface area contributed by atoms with Crippen LogP contribution in [0.3, 0.4) is 0 Å². The number of benzene rings is 2. The third kappa shape index (κ3) is 4.98. The maximum absolute atomic E-state index is 12.8. The minimum Gasteiger partial charge on any atom is -0.497 e. The van der Waals surface area contributed by atoms with Gasteiger partial charge in [0.05, 0.1) is 25.1 Å². The second-order valence-electron chi connectivity index (χ2n) is 6.21. The topological polar surface area (TPSA) is 54.3 Å². The number of carbonyl (C=O) groups is 1. The molecule has 27 heavy (non-hydrogen) atoms. The molecule has 0 aliphatic carbocycles. The van der Waals surface area contributed by atoms with Crippen LogP contribution in [0.15, 0.2) is 64.8 Å². The average molecular weight is 382 g/mol. The Hall–Kier alpha value is -2.60. The van der Waals surface area contributed by atoms with E-state index in [0.717, 1.165) is 29.7 Å². The summed E-state index contributed by atoms with van der Waals surface area (Å²) in [4.78, 5) is 14.5. The summed E-state index contributed by atoms with van der Waals surface area (Å²) >= 11 is 1.50. The minimum atomic E-state index is -0.0843. The van der Waals surface area contributed by atoms with Crippen molar-refractivity contribution < 1.29 is 9.53 Å². The number of ether oxygens (including phenoxy) is 1. The van der Waals surface area contributed by atoms with Gasteiger partial charge in [0, 0.05) is 0 Å². The van der Waals surface area contributed by atoms with Gasteiger partial charge in [-0.25, -0.2) is 0 Å². The first-order chi connectivity index (χ1) is 13.2. The summed E-state index contributed by atoms with van der Waals surface area (Å²) in [5.74, 6) is 0.900. The second kappa shape index (κ2) is 9.37. The van der Waals surface area contributed by atoms with Gasteiger partial charge in [0.1, 0.15) is 5.75 Å². The van der Waals surface area contributed by atoms with E-state index < -0.39 is 0 Å². The molecule has 3 rings (SSSR count). The van der Waals surface area contributed by atoms with Gasteiger partial charge in [-0.1, -0.05) is 67.6 Å². The van der Waals surface area contributed by atoms with E-state index in [9.17, 15) is 4.79 Å². The molecule has 0 aromatic heterocycles. The van der Waals surface area contributed by atoms with Gasteiger partial charge in [-0.2, -0.15) is 5.10 Å². The molecule has 1 heterocycles. The maximum atomic E-state index is 12.8. The summed E-state index contributed by atoms with van der Waals surface area (Å²) in [6, 6.07) is 17.5. The van der Waals surface area contributed by atoms with Gasteiger partial charge in [0.15, 0.2) is 5.17 Å². The highest BCUT2D eigenvalue weighted by Gasteiger charge is 2.37. The highest BCUT2D eigenvalue weighted by molar-refractivity contribution is 8.15. The lowest BCUT2D eigenvalue weighted by molar-refractivity contribution is -0.126. The van der Waals surface area contributed by atoms with Crippen LogP contribution in [0.1, 0.15) is 30.9 Å². The van der Waals surface area contributed by atoms with Crippen molar-refractivity contribution >= 4 is 29.1 Å². The molecular formula is C21H23N3O2S. The zero-order valence-electron chi connectivity index (χ0n) is 15.5. The molecule has 0 spiro atoms. The van der Waals surface area contributed by atoms with Crippen molar-refractivity contribution in [3.05, 3.63) is 65.7 Å². The van der Waals surface area contributed by atoms with Gasteiger partial charge in [-0.15, -0.1) is 5.10 Å².